The van der Waals surface area contributed by atoms with Gasteiger partial charge >= 0.3 is 0 Å². The summed E-state index contributed by atoms with van der Waals surface area (Å²) in [5, 5.41) is 9.82. The van der Waals surface area contributed by atoms with Crippen molar-refractivity contribution in [1.82, 2.24) is 5.48 Å². The van der Waals surface area contributed by atoms with Gasteiger partial charge in [-0.1, -0.05) is 20.8 Å². The summed E-state index contributed by atoms with van der Waals surface area (Å²) >= 11 is 0. The zero-order chi connectivity index (χ0) is 5.86. The van der Waals surface area contributed by atoms with Crippen LogP contribution in [-0.4, -0.2) is 6.04 Å². The first-order valence-corrected chi connectivity index (χ1v) is 2.56. The lowest BCUT2D eigenvalue weighted by atomic mass is 10.1. The molecule has 0 aliphatic carbocycles. The summed E-state index contributed by atoms with van der Waals surface area (Å²) in [6.07, 6.45) is 0. The monoisotopic (exact) mass is 102 g/mol. The third kappa shape index (κ3) is 2.60. The molecule has 2 heteroatoms. The van der Waals surface area contributed by atoms with Crippen molar-refractivity contribution in [3.05, 3.63) is 5.21 Å². The SMILES string of the molecule is CC(C)C(C)N[O-]. The van der Waals surface area contributed by atoms with Gasteiger partial charge in [0.2, 0.25) is 0 Å². The van der Waals surface area contributed by atoms with E-state index in [1.165, 1.54) is 0 Å². The fourth-order valence-electron chi connectivity index (χ4n) is 0.136. The Morgan fingerprint density at radius 3 is 1.71 bits per heavy atom. The van der Waals surface area contributed by atoms with Crippen molar-refractivity contribution < 1.29 is 0 Å². The van der Waals surface area contributed by atoms with E-state index in [4.69, 9.17) is 0 Å². The van der Waals surface area contributed by atoms with Gasteiger partial charge in [-0.2, -0.15) is 0 Å². The summed E-state index contributed by atoms with van der Waals surface area (Å²) in [6, 6.07) is 0.0972. The van der Waals surface area contributed by atoms with E-state index in [0.29, 0.717) is 5.92 Å². The molecule has 0 amide bonds. The van der Waals surface area contributed by atoms with Gasteiger partial charge in [-0.15, -0.1) is 0 Å². The third-order valence-corrected chi connectivity index (χ3v) is 1.19. The third-order valence-electron chi connectivity index (χ3n) is 1.19. The summed E-state index contributed by atoms with van der Waals surface area (Å²) in [7, 11) is 0. The highest BCUT2D eigenvalue weighted by Crippen LogP contribution is 1.97. The van der Waals surface area contributed by atoms with Gasteiger partial charge < -0.3 is 10.7 Å². The Kier molecular flexibility index (Phi) is 2.96. The summed E-state index contributed by atoms with van der Waals surface area (Å²) in [6.45, 7) is 5.89. The van der Waals surface area contributed by atoms with Crippen LogP contribution in [0.4, 0.5) is 0 Å². The molecule has 0 radical (unpaired) electrons. The van der Waals surface area contributed by atoms with E-state index < -0.39 is 0 Å². The molecule has 0 aromatic carbocycles. The van der Waals surface area contributed by atoms with Crippen molar-refractivity contribution in [3.8, 4) is 0 Å². The van der Waals surface area contributed by atoms with Gasteiger partial charge in [0.15, 0.2) is 0 Å². The first-order valence-electron chi connectivity index (χ1n) is 2.56. The minimum Gasteiger partial charge on any atom is -0.788 e. The Morgan fingerprint density at radius 2 is 1.71 bits per heavy atom. The van der Waals surface area contributed by atoms with E-state index in [-0.39, 0.29) is 6.04 Å². The van der Waals surface area contributed by atoms with Gasteiger partial charge in [-0.05, 0) is 12.0 Å². The summed E-state index contributed by atoms with van der Waals surface area (Å²) in [5.41, 5.74) is 1.91. The van der Waals surface area contributed by atoms with Crippen LogP contribution in [0.15, 0.2) is 0 Å². The molecule has 0 fully saturated rings. The van der Waals surface area contributed by atoms with E-state index in [0.717, 1.165) is 0 Å². The van der Waals surface area contributed by atoms with Crippen LogP contribution in [0.2, 0.25) is 0 Å². The van der Waals surface area contributed by atoms with Crippen LogP contribution in [-0.2, 0) is 0 Å². The smallest absolute Gasteiger partial charge is 0.00564 e. The summed E-state index contributed by atoms with van der Waals surface area (Å²) in [4.78, 5) is 0. The zero-order valence-corrected chi connectivity index (χ0v) is 5.06. The first-order chi connectivity index (χ1) is 3.18. The molecule has 1 atom stereocenters. The largest absolute Gasteiger partial charge is 0.788 e. The second-order valence-electron chi connectivity index (χ2n) is 2.15. The molecule has 1 unspecified atom stereocenters. The maximum Gasteiger partial charge on any atom is -0.00564 e. The normalized spacial score (nSPS) is 15.0. The highest BCUT2D eigenvalue weighted by molar-refractivity contribution is 4.62. The standard InChI is InChI=1S/C5H12NO/c1-4(2)5(3)6-7/h4-6H,1-3H3/q-1. The predicted molar refractivity (Wildman–Crippen MR) is 30.8 cm³/mol. The minimum absolute atomic E-state index is 0.0972. The Morgan fingerprint density at radius 1 is 1.29 bits per heavy atom. The molecule has 0 aromatic rings. The van der Waals surface area contributed by atoms with Crippen LogP contribution in [0.25, 0.3) is 0 Å². The van der Waals surface area contributed by atoms with E-state index in [9.17, 15) is 5.21 Å². The maximum absolute atomic E-state index is 9.82. The number of rotatable bonds is 2. The molecule has 7 heavy (non-hydrogen) atoms. The van der Waals surface area contributed by atoms with Crippen molar-refractivity contribution in [2.45, 2.75) is 26.8 Å². The van der Waals surface area contributed by atoms with Crippen LogP contribution >= 0.6 is 0 Å². The minimum atomic E-state index is 0.0972. The molecule has 0 aliphatic heterocycles. The molecule has 0 aromatic heterocycles. The Hall–Kier alpha value is -0.0800. The van der Waals surface area contributed by atoms with Crippen molar-refractivity contribution in [2.75, 3.05) is 0 Å². The second-order valence-corrected chi connectivity index (χ2v) is 2.15. The molecule has 0 bridgehead atoms. The molecule has 0 aliphatic rings. The molecular formula is C5H12NO-. The lowest BCUT2D eigenvalue weighted by molar-refractivity contribution is 0.474. The summed E-state index contributed by atoms with van der Waals surface area (Å²) in [5.74, 6) is 0.442. The van der Waals surface area contributed by atoms with Crippen molar-refractivity contribution in [3.63, 3.8) is 0 Å². The predicted octanol–water partition coefficient (Wildman–Crippen LogP) is 1.12. The Balaban J connectivity index is 3.14. The molecule has 0 heterocycles. The van der Waals surface area contributed by atoms with Crippen LogP contribution < -0.4 is 5.48 Å². The highest BCUT2D eigenvalue weighted by atomic mass is 16.5. The molecule has 1 N–H and O–H groups in total. The van der Waals surface area contributed by atoms with Crippen LogP contribution in [0.5, 0.6) is 0 Å². The number of nitrogens with one attached hydrogen (secondary N) is 1. The fraction of sp³-hybridized carbons (Fsp3) is 1.00. The zero-order valence-electron chi connectivity index (χ0n) is 5.06. The van der Waals surface area contributed by atoms with E-state index in [1.807, 2.05) is 26.3 Å². The topological polar surface area (TPSA) is 35.1 Å². The molecule has 0 saturated carbocycles. The summed E-state index contributed by atoms with van der Waals surface area (Å²) < 4.78 is 0. The van der Waals surface area contributed by atoms with Crippen molar-refractivity contribution in [2.24, 2.45) is 5.92 Å². The Bertz CT molecular complexity index is 45.3. The Labute approximate surface area is 44.5 Å². The number of hydrogen-bond donors (Lipinski definition) is 1. The van der Waals surface area contributed by atoms with E-state index >= 15 is 0 Å². The second kappa shape index (κ2) is 2.99. The van der Waals surface area contributed by atoms with Gasteiger partial charge in [-0.3, -0.25) is 0 Å². The van der Waals surface area contributed by atoms with Gasteiger partial charge in [-0.25, -0.2) is 0 Å². The van der Waals surface area contributed by atoms with E-state index in [1.54, 1.807) is 0 Å². The molecular weight excluding hydrogens is 90.1 g/mol. The average Bonchev–Trinajstić information content (AvgIpc) is 1.65. The van der Waals surface area contributed by atoms with E-state index in [2.05, 4.69) is 0 Å². The van der Waals surface area contributed by atoms with Crippen LogP contribution in [0.3, 0.4) is 0 Å². The van der Waals surface area contributed by atoms with Gasteiger partial charge in [0, 0.05) is 0 Å². The van der Waals surface area contributed by atoms with Gasteiger partial charge in [0.25, 0.3) is 0 Å². The molecule has 0 spiro atoms. The van der Waals surface area contributed by atoms with Crippen LogP contribution in [0, 0.1) is 11.1 Å². The highest BCUT2D eigenvalue weighted by Gasteiger charge is 1.97. The fourth-order valence-corrected chi connectivity index (χ4v) is 0.136. The molecule has 0 rings (SSSR count). The molecule has 44 valence electrons. The average molecular weight is 102 g/mol. The van der Waals surface area contributed by atoms with Gasteiger partial charge in [0.05, 0.1) is 0 Å². The maximum atomic E-state index is 9.82. The van der Waals surface area contributed by atoms with Crippen LogP contribution in [0.1, 0.15) is 20.8 Å². The molecule has 0 saturated heterocycles. The number of hydroxylamine groups is 1. The lowest BCUT2D eigenvalue weighted by Gasteiger charge is -2.20. The molecule has 2 nitrogen and oxygen atoms in total. The van der Waals surface area contributed by atoms with Gasteiger partial charge in [0.1, 0.15) is 0 Å². The van der Waals surface area contributed by atoms with Crippen molar-refractivity contribution >= 4 is 0 Å². The van der Waals surface area contributed by atoms with Crippen molar-refractivity contribution in [1.29, 1.82) is 0 Å². The first kappa shape index (κ1) is 6.92. The lowest BCUT2D eigenvalue weighted by Crippen LogP contribution is -2.24. The quantitative estimate of drug-likeness (QED) is 0.530. The number of hydrogen-bond acceptors (Lipinski definition) is 2.